The third-order valence-electron chi connectivity index (χ3n) is 3.58. The molecule has 110 valence electrons. The van der Waals surface area contributed by atoms with Gasteiger partial charge in [-0.25, -0.2) is 0 Å². The number of carbonyl (C=O) groups is 1. The molecule has 0 spiro atoms. The zero-order valence-electron chi connectivity index (χ0n) is 12.3. The Morgan fingerprint density at radius 1 is 1.29 bits per heavy atom. The van der Waals surface area contributed by atoms with Gasteiger partial charge in [-0.1, -0.05) is 19.1 Å². The average molecular weight is 284 g/mol. The van der Waals surface area contributed by atoms with Gasteiger partial charge >= 0.3 is 5.97 Å². The minimum absolute atomic E-state index is 0.0268. The Balaban J connectivity index is 1.96. The van der Waals surface area contributed by atoms with Gasteiger partial charge in [0.25, 0.3) is 0 Å². The minimum Gasteiger partial charge on any atom is -0.481 e. The highest BCUT2D eigenvalue weighted by Crippen LogP contribution is 2.21. The number of pyridine rings is 1. The van der Waals surface area contributed by atoms with E-state index in [-0.39, 0.29) is 12.3 Å². The monoisotopic (exact) mass is 284 g/mol. The Hall–Kier alpha value is -2.36. The largest absolute Gasteiger partial charge is 0.481 e. The van der Waals surface area contributed by atoms with E-state index in [1.165, 1.54) is 5.56 Å². The number of nitrogens with zero attached hydrogens (tertiary/aromatic N) is 1. The van der Waals surface area contributed by atoms with E-state index in [4.69, 9.17) is 5.11 Å². The third-order valence-corrected chi connectivity index (χ3v) is 3.58. The van der Waals surface area contributed by atoms with Crippen LogP contribution in [0.2, 0.25) is 0 Å². The number of aromatic nitrogens is 1. The van der Waals surface area contributed by atoms with Gasteiger partial charge in [-0.15, -0.1) is 0 Å². The highest BCUT2D eigenvalue weighted by Gasteiger charge is 2.09. The maximum Gasteiger partial charge on any atom is 0.303 e. The zero-order valence-corrected chi connectivity index (χ0v) is 12.3. The molecule has 0 aliphatic carbocycles. The SMILES string of the molecule is Cc1cnccc1CNc1ccc(C(C)CC(=O)O)cc1. The van der Waals surface area contributed by atoms with Crippen molar-refractivity contribution in [3.63, 3.8) is 0 Å². The van der Waals surface area contributed by atoms with E-state index in [1.807, 2.05) is 50.4 Å². The molecular weight excluding hydrogens is 264 g/mol. The lowest BCUT2D eigenvalue weighted by Gasteiger charge is -2.12. The average Bonchev–Trinajstić information content (AvgIpc) is 2.46. The quantitative estimate of drug-likeness (QED) is 0.851. The first-order valence-electron chi connectivity index (χ1n) is 7.01. The van der Waals surface area contributed by atoms with Crippen molar-refractivity contribution in [1.29, 1.82) is 0 Å². The van der Waals surface area contributed by atoms with Crippen LogP contribution in [0.15, 0.2) is 42.7 Å². The number of aliphatic carboxylic acids is 1. The molecule has 1 aromatic heterocycles. The van der Waals surface area contributed by atoms with Crippen molar-refractivity contribution in [2.75, 3.05) is 5.32 Å². The second kappa shape index (κ2) is 6.88. The van der Waals surface area contributed by atoms with Crippen molar-refractivity contribution in [3.8, 4) is 0 Å². The van der Waals surface area contributed by atoms with Gasteiger partial charge in [0.05, 0.1) is 6.42 Å². The van der Waals surface area contributed by atoms with Gasteiger partial charge in [0.15, 0.2) is 0 Å². The predicted molar refractivity (Wildman–Crippen MR) is 83.4 cm³/mol. The molecule has 0 bridgehead atoms. The van der Waals surface area contributed by atoms with Crippen molar-refractivity contribution in [2.24, 2.45) is 0 Å². The van der Waals surface area contributed by atoms with E-state index in [0.29, 0.717) is 0 Å². The van der Waals surface area contributed by atoms with E-state index >= 15 is 0 Å². The molecule has 1 aromatic carbocycles. The summed E-state index contributed by atoms with van der Waals surface area (Å²) in [5.74, 6) is -0.739. The molecule has 0 saturated carbocycles. The second-order valence-electron chi connectivity index (χ2n) is 5.28. The van der Waals surface area contributed by atoms with Crippen molar-refractivity contribution < 1.29 is 9.90 Å². The number of benzene rings is 1. The van der Waals surface area contributed by atoms with E-state index in [2.05, 4.69) is 10.3 Å². The Morgan fingerprint density at radius 2 is 2.00 bits per heavy atom. The Labute approximate surface area is 124 Å². The van der Waals surface area contributed by atoms with Crippen molar-refractivity contribution in [2.45, 2.75) is 32.7 Å². The first kappa shape index (κ1) is 15.0. The van der Waals surface area contributed by atoms with Crippen molar-refractivity contribution in [1.82, 2.24) is 4.98 Å². The lowest BCUT2D eigenvalue weighted by molar-refractivity contribution is -0.137. The summed E-state index contributed by atoms with van der Waals surface area (Å²) in [4.78, 5) is 14.8. The summed E-state index contributed by atoms with van der Waals surface area (Å²) in [5.41, 5.74) is 4.45. The van der Waals surface area contributed by atoms with Gasteiger partial charge in [0.2, 0.25) is 0 Å². The normalized spacial score (nSPS) is 11.9. The van der Waals surface area contributed by atoms with Crippen LogP contribution in [0.5, 0.6) is 0 Å². The summed E-state index contributed by atoms with van der Waals surface area (Å²) in [7, 11) is 0. The molecule has 21 heavy (non-hydrogen) atoms. The molecule has 1 atom stereocenters. The number of carboxylic acid groups (broad SMARTS) is 1. The van der Waals surface area contributed by atoms with Crippen LogP contribution in [0.25, 0.3) is 0 Å². The Kier molecular flexibility index (Phi) is 4.93. The summed E-state index contributed by atoms with van der Waals surface area (Å²) in [5, 5.41) is 12.2. The molecule has 2 aromatic rings. The van der Waals surface area contributed by atoms with Crippen LogP contribution in [0.4, 0.5) is 5.69 Å². The first-order chi connectivity index (χ1) is 10.1. The summed E-state index contributed by atoms with van der Waals surface area (Å²) in [6.45, 7) is 4.72. The maximum absolute atomic E-state index is 10.7. The second-order valence-corrected chi connectivity index (χ2v) is 5.28. The number of hydrogen-bond donors (Lipinski definition) is 2. The van der Waals surface area contributed by atoms with Crippen molar-refractivity contribution in [3.05, 3.63) is 59.4 Å². The smallest absolute Gasteiger partial charge is 0.303 e. The molecule has 4 heteroatoms. The summed E-state index contributed by atoms with van der Waals surface area (Å²) < 4.78 is 0. The number of carboxylic acids is 1. The van der Waals surface area contributed by atoms with Gasteiger partial charge in [-0.3, -0.25) is 9.78 Å². The lowest BCUT2D eigenvalue weighted by atomic mass is 9.98. The molecule has 1 unspecified atom stereocenters. The van der Waals surface area contributed by atoms with E-state index < -0.39 is 5.97 Å². The van der Waals surface area contributed by atoms with Gasteiger partial charge in [-0.2, -0.15) is 0 Å². The van der Waals surface area contributed by atoms with E-state index in [0.717, 1.165) is 23.4 Å². The molecule has 0 aliphatic heterocycles. The van der Waals surface area contributed by atoms with Crippen LogP contribution in [0.1, 0.15) is 36.0 Å². The van der Waals surface area contributed by atoms with Crippen LogP contribution in [-0.4, -0.2) is 16.1 Å². The number of hydrogen-bond acceptors (Lipinski definition) is 3. The number of aryl methyl sites for hydroxylation is 1. The fourth-order valence-corrected chi connectivity index (χ4v) is 2.21. The molecular formula is C17H20N2O2. The summed E-state index contributed by atoms with van der Waals surface area (Å²) >= 11 is 0. The van der Waals surface area contributed by atoms with Gasteiger partial charge in [0, 0.05) is 24.6 Å². The zero-order chi connectivity index (χ0) is 15.2. The van der Waals surface area contributed by atoms with E-state index in [9.17, 15) is 4.79 Å². The third kappa shape index (κ3) is 4.31. The molecule has 2 N–H and O–H groups in total. The van der Waals surface area contributed by atoms with Gasteiger partial charge < -0.3 is 10.4 Å². The van der Waals surface area contributed by atoms with Gasteiger partial charge in [-0.05, 0) is 47.7 Å². The summed E-state index contributed by atoms with van der Waals surface area (Å²) in [6, 6.07) is 9.95. The van der Waals surface area contributed by atoms with Crippen LogP contribution in [0, 0.1) is 6.92 Å². The maximum atomic E-state index is 10.7. The van der Waals surface area contributed by atoms with Crippen LogP contribution in [-0.2, 0) is 11.3 Å². The first-order valence-corrected chi connectivity index (χ1v) is 7.01. The summed E-state index contributed by atoms with van der Waals surface area (Å²) in [6.07, 6.45) is 3.80. The highest BCUT2D eigenvalue weighted by molar-refractivity contribution is 5.68. The van der Waals surface area contributed by atoms with Crippen molar-refractivity contribution >= 4 is 11.7 Å². The molecule has 0 fully saturated rings. The molecule has 2 rings (SSSR count). The van der Waals surface area contributed by atoms with Gasteiger partial charge in [0.1, 0.15) is 0 Å². The fraction of sp³-hybridized carbons (Fsp3) is 0.294. The lowest BCUT2D eigenvalue weighted by Crippen LogP contribution is -2.04. The molecule has 0 saturated heterocycles. The Morgan fingerprint density at radius 3 is 2.62 bits per heavy atom. The Bertz CT molecular complexity index is 608. The topological polar surface area (TPSA) is 62.2 Å². The van der Waals surface area contributed by atoms with Crippen LogP contribution < -0.4 is 5.32 Å². The number of rotatable bonds is 6. The highest BCUT2D eigenvalue weighted by atomic mass is 16.4. The fourth-order valence-electron chi connectivity index (χ4n) is 2.21. The van der Waals surface area contributed by atoms with E-state index in [1.54, 1.807) is 6.20 Å². The molecule has 1 heterocycles. The molecule has 4 nitrogen and oxygen atoms in total. The molecule has 0 aliphatic rings. The number of nitrogens with one attached hydrogen (secondary N) is 1. The van der Waals surface area contributed by atoms with Crippen LogP contribution >= 0.6 is 0 Å². The predicted octanol–water partition coefficient (Wildman–Crippen LogP) is 3.58. The minimum atomic E-state index is -0.766. The molecule has 0 amide bonds. The van der Waals surface area contributed by atoms with Crippen LogP contribution in [0.3, 0.4) is 0 Å². The number of anilines is 1. The molecule has 0 radical (unpaired) electrons. The standard InChI is InChI=1S/C17H20N2O2/c1-12(9-17(20)21)14-3-5-16(6-4-14)19-11-15-7-8-18-10-13(15)2/h3-8,10,12,19H,9,11H2,1-2H3,(H,20,21).